The molecule has 0 bridgehead atoms. The average molecular weight is 463 g/mol. The van der Waals surface area contributed by atoms with Crippen LogP contribution in [0.4, 0.5) is 4.39 Å². The van der Waals surface area contributed by atoms with Crippen LogP contribution in [0.25, 0.3) is 0 Å². The smallest absolute Gasteiger partial charge is 0.251 e. The van der Waals surface area contributed by atoms with E-state index in [2.05, 4.69) is 35.3 Å². The highest BCUT2D eigenvalue weighted by atomic mass is 19.1. The third kappa shape index (κ3) is 5.07. The van der Waals surface area contributed by atoms with Gasteiger partial charge in [0.25, 0.3) is 5.91 Å². The molecular weight excluding hydrogens is 431 g/mol. The quantitative estimate of drug-likeness (QED) is 0.503. The van der Waals surface area contributed by atoms with Crippen molar-refractivity contribution >= 4 is 5.91 Å². The molecule has 3 aromatic carbocycles. The van der Waals surface area contributed by atoms with E-state index in [-0.39, 0.29) is 23.8 Å². The van der Waals surface area contributed by atoms with Crippen molar-refractivity contribution in [1.82, 2.24) is 10.2 Å². The van der Waals surface area contributed by atoms with Gasteiger partial charge in [-0.3, -0.25) is 9.69 Å². The van der Waals surface area contributed by atoms with E-state index >= 15 is 0 Å². The minimum absolute atomic E-state index is 0.0573. The van der Waals surface area contributed by atoms with Crippen LogP contribution in [-0.2, 0) is 13.0 Å². The lowest BCUT2D eigenvalue weighted by molar-refractivity contribution is 0.0859. The topological polar surface area (TPSA) is 50.8 Å². The first-order valence-corrected chi connectivity index (χ1v) is 11.6. The number of halogens is 1. The maximum Gasteiger partial charge on any atom is 0.251 e. The molecular formula is C28H31FN2O3. The van der Waals surface area contributed by atoms with Crippen molar-refractivity contribution < 1.29 is 18.7 Å². The first-order chi connectivity index (χ1) is 16.5. The Morgan fingerprint density at radius 2 is 1.74 bits per heavy atom. The van der Waals surface area contributed by atoms with Gasteiger partial charge in [-0.15, -0.1) is 0 Å². The highest BCUT2D eigenvalue weighted by Gasteiger charge is 2.35. The summed E-state index contributed by atoms with van der Waals surface area (Å²) in [6.07, 6.45) is 1.61. The van der Waals surface area contributed by atoms with Gasteiger partial charge < -0.3 is 14.8 Å². The SMILES string of the molecule is CCC(NC(=O)c1ccc(F)cc1)C1c2cc(OC)c(OC)cc2CCN1Cc1ccccc1. The molecule has 3 aromatic rings. The predicted octanol–water partition coefficient (Wildman–Crippen LogP) is 5.15. The van der Waals surface area contributed by atoms with E-state index in [9.17, 15) is 9.18 Å². The third-order valence-electron chi connectivity index (χ3n) is 6.50. The summed E-state index contributed by atoms with van der Waals surface area (Å²) < 4.78 is 24.5. The van der Waals surface area contributed by atoms with Crippen molar-refractivity contribution in [2.24, 2.45) is 0 Å². The second-order valence-corrected chi connectivity index (χ2v) is 8.55. The van der Waals surface area contributed by atoms with Crippen molar-refractivity contribution in [2.45, 2.75) is 38.4 Å². The van der Waals surface area contributed by atoms with E-state index in [1.165, 1.54) is 35.4 Å². The van der Waals surface area contributed by atoms with Gasteiger partial charge in [0.2, 0.25) is 0 Å². The molecule has 1 amide bonds. The molecule has 1 heterocycles. The second kappa shape index (κ2) is 10.7. The molecule has 0 saturated carbocycles. The number of rotatable bonds is 8. The predicted molar refractivity (Wildman–Crippen MR) is 131 cm³/mol. The molecule has 1 aliphatic heterocycles. The fourth-order valence-electron chi connectivity index (χ4n) is 4.75. The van der Waals surface area contributed by atoms with E-state index < -0.39 is 0 Å². The number of ether oxygens (including phenoxy) is 2. The number of methoxy groups -OCH3 is 2. The molecule has 2 unspecified atom stereocenters. The average Bonchev–Trinajstić information content (AvgIpc) is 2.87. The van der Waals surface area contributed by atoms with Gasteiger partial charge in [-0.1, -0.05) is 37.3 Å². The first-order valence-electron chi connectivity index (χ1n) is 11.6. The Bertz CT molecular complexity index is 1120. The number of benzene rings is 3. The zero-order valence-corrected chi connectivity index (χ0v) is 19.9. The zero-order chi connectivity index (χ0) is 24.1. The van der Waals surface area contributed by atoms with E-state index in [1.807, 2.05) is 24.3 Å². The molecule has 0 fully saturated rings. The van der Waals surface area contributed by atoms with E-state index in [0.717, 1.165) is 31.5 Å². The first kappa shape index (κ1) is 23.8. The Morgan fingerprint density at radius 3 is 2.38 bits per heavy atom. The number of carbonyl (C=O) groups is 1. The molecule has 6 heteroatoms. The Hall–Kier alpha value is -3.38. The number of nitrogens with one attached hydrogen (secondary N) is 1. The summed E-state index contributed by atoms with van der Waals surface area (Å²) in [5, 5.41) is 3.22. The molecule has 1 N–H and O–H groups in total. The maximum atomic E-state index is 13.4. The van der Waals surface area contributed by atoms with Gasteiger partial charge in [-0.05, 0) is 65.9 Å². The molecule has 4 rings (SSSR count). The summed E-state index contributed by atoms with van der Waals surface area (Å²) in [5.74, 6) is 0.812. The molecule has 1 aliphatic rings. The van der Waals surface area contributed by atoms with Gasteiger partial charge in [0.1, 0.15) is 5.82 Å². The van der Waals surface area contributed by atoms with Crippen molar-refractivity contribution in [3.63, 3.8) is 0 Å². The van der Waals surface area contributed by atoms with Gasteiger partial charge >= 0.3 is 0 Å². The van der Waals surface area contributed by atoms with Gasteiger partial charge in [-0.2, -0.15) is 0 Å². The summed E-state index contributed by atoms with van der Waals surface area (Å²) in [6, 6.07) is 19.9. The maximum absolute atomic E-state index is 13.4. The third-order valence-corrected chi connectivity index (χ3v) is 6.50. The fraction of sp³-hybridized carbons (Fsp3) is 0.321. The van der Waals surface area contributed by atoms with Crippen molar-refractivity contribution in [3.05, 3.63) is 94.8 Å². The number of fused-ring (bicyclic) bond motifs is 1. The molecule has 34 heavy (non-hydrogen) atoms. The fourth-order valence-corrected chi connectivity index (χ4v) is 4.75. The van der Waals surface area contributed by atoms with Gasteiger partial charge in [0, 0.05) is 24.7 Å². The lowest BCUT2D eigenvalue weighted by atomic mass is 9.86. The van der Waals surface area contributed by atoms with Crippen LogP contribution in [0, 0.1) is 5.82 Å². The largest absolute Gasteiger partial charge is 0.493 e. The summed E-state index contributed by atoms with van der Waals surface area (Å²) in [5.41, 5.74) is 3.99. The van der Waals surface area contributed by atoms with Crippen LogP contribution >= 0.6 is 0 Å². The van der Waals surface area contributed by atoms with Crippen LogP contribution in [0.3, 0.4) is 0 Å². The summed E-state index contributed by atoms with van der Waals surface area (Å²) >= 11 is 0. The van der Waals surface area contributed by atoms with Crippen LogP contribution in [0.15, 0.2) is 66.7 Å². The number of hydrogen-bond acceptors (Lipinski definition) is 4. The Labute approximate surface area is 200 Å². The standard InChI is InChI=1S/C28H31FN2O3/c1-4-24(30-28(32)20-10-12-22(29)13-11-20)27-23-17-26(34-3)25(33-2)16-21(23)14-15-31(27)18-19-8-6-5-7-9-19/h5-13,16-17,24,27H,4,14-15,18H2,1-3H3,(H,30,32). The monoisotopic (exact) mass is 462 g/mol. The normalized spacial score (nSPS) is 16.4. The Morgan fingerprint density at radius 1 is 1.06 bits per heavy atom. The van der Waals surface area contributed by atoms with Crippen LogP contribution in [-0.4, -0.2) is 37.6 Å². The van der Waals surface area contributed by atoms with E-state index in [1.54, 1.807) is 14.2 Å². The highest BCUT2D eigenvalue weighted by Crippen LogP contribution is 2.40. The van der Waals surface area contributed by atoms with Gasteiger partial charge in [0.05, 0.1) is 20.3 Å². The van der Waals surface area contributed by atoms with E-state index in [0.29, 0.717) is 17.1 Å². The van der Waals surface area contributed by atoms with Crippen LogP contribution in [0.1, 0.15) is 46.4 Å². The summed E-state index contributed by atoms with van der Waals surface area (Å²) in [4.78, 5) is 15.5. The second-order valence-electron chi connectivity index (χ2n) is 8.55. The van der Waals surface area contributed by atoms with Crippen molar-refractivity contribution in [2.75, 3.05) is 20.8 Å². The van der Waals surface area contributed by atoms with Gasteiger partial charge in [0.15, 0.2) is 11.5 Å². The summed E-state index contributed by atoms with van der Waals surface area (Å²) in [7, 11) is 3.28. The number of hydrogen-bond donors (Lipinski definition) is 1. The van der Waals surface area contributed by atoms with Crippen molar-refractivity contribution in [1.29, 1.82) is 0 Å². The van der Waals surface area contributed by atoms with Crippen LogP contribution < -0.4 is 14.8 Å². The summed E-state index contributed by atoms with van der Waals surface area (Å²) in [6.45, 7) is 3.69. The minimum Gasteiger partial charge on any atom is -0.493 e. The lowest BCUT2D eigenvalue weighted by Crippen LogP contribution is -2.48. The van der Waals surface area contributed by atoms with E-state index in [4.69, 9.17) is 9.47 Å². The molecule has 0 aliphatic carbocycles. The van der Waals surface area contributed by atoms with Gasteiger partial charge in [-0.25, -0.2) is 4.39 Å². The number of nitrogens with zero attached hydrogens (tertiary/aromatic N) is 1. The highest BCUT2D eigenvalue weighted by molar-refractivity contribution is 5.94. The molecule has 0 spiro atoms. The minimum atomic E-state index is -0.361. The number of amides is 1. The van der Waals surface area contributed by atoms with Crippen LogP contribution in [0.2, 0.25) is 0 Å². The molecule has 0 saturated heterocycles. The van der Waals surface area contributed by atoms with Crippen LogP contribution in [0.5, 0.6) is 11.5 Å². The molecule has 5 nitrogen and oxygen atoms in total. The van der Waals surface area contributed by atoms with Crippen molar-refractivity contribution in [3.8, 4) is 11.5 Å². The Kier molecular flexibility index (Phi) is 7.48. The Balaban J connectivity index is 1.71. The zero-order valence-electron chi connectivity index (χ0n) is 19.9. The molecule has 178 valence electrons. The molecule has 0 radical (unpaired) electrons. The lowest BCUT2D eigenvalue weighted by Gasteiger charge is -2.42. The molecule has 2 atom stereocenters. The molecule has 0 aromatic heterocycles. The number of carbonyl (C=O) groups excluding carboxylic acids is 1.